The van der Waals surface area contributed by atoms with Crippen LogP contribution in [0.4, 0.5) is 4.79 Å². The number of aryl methyl sites for hydroxylation is 1. The van der Waals surface area contributed by atoms with Gasteiger partial charge in [0.05, 0.1) is 16.9 Å². The largest absolute Gasteiger partial charge is 0.416 e. The number of carbonyl (C=O) groups excluding carboxylic acids is 1. The Hall–Kier alpha value is -2.86. The highest BCUT2D eigenvalue weighted by Crippen LogP contribution is 2.41. The van der Waals surface area contributed by atoms with Crippen LogP contribution in [-0.2, 0) is 12.8 Å². The molecule has 2 aromatic heterocycles. The van der Waals surface area contributed by atoms with E-state index in [1.54, 1.807) is 24.3 Å². The van der Waals surface area contributed by atoms with Gasteiger partial charge in [0.2, 0.25) is 0 Å². The van der Waals surface area contributed by atoms with E-state index in [-0.39, 0.29) is 5.54 Å². The first-order valence-electron chi connectivity index (χ1n) is 9.52. The molecule has 29 heavy (non-hydrogen) atoms. The molecule has 2 heterocycles. The van der Waals surface area contributed by atoms with E-state index in [1.165, 1.54) is 0 Å². The van der Waals surface area contributed by atoms with Crippen LogP contribution in [0, 0.1) is 0 Å². The molecule has 0 unspecified atom stereocenters. The van der Waals surface area contributed by atoms with Crippen LogP contribution in [0.1, 0.15) is 32.0 Å². The van der Waals surface area contributed by atoms with Crippen LogP contribution in [0.15, 0.2) is 42.7 Å². The molecule has 150 valence electrons. The Bertz CT molecular complexity index is 1070. The summed E-state index contributed by atoms with van der Waals surface area (Å²) in [7, 11) is 1.72. The normalized spacial score (nSPS) is 12.9. The molecular formula is C22H23ClN4O2. The van der Waals surface area contributed by atoms with Crippen molar-refractivity contribution in [3.63, 3.8) is 0 Å². The number of rotatable bonds is 2. The van der Waals surface area contributed by atoms with Crippen molar-refractivity contribution < 1.29 is 9.53 Å². The summed E-state index contributed by atoms with van der Waals surface area (Å²) in [6, 6.07) is 9.57. The summed E-state index contributed by atoms with van der Waals surface area (Å²) in [5.41, 5.74) is 4.48. The third kappa shape index (κ3) is 3.60. The molecular weight excluding hydrogens is 388 g/mol. The summed E-state index contributed by atoms with van der Waals surface area (Å²) in [4.78, 5) is 18.4. The lowest BCUT2D eigenvalue weighted by Gasteiger charge is -2.30. The molecule has 1 amide bonds. The summed E-state index contributed by atoms with van der Waals surface area (Å²) in [6.07, 6.45) is 4.61. The molecule has 3 aromatic rings. The maximum atomic E-state index is 12.8. The SMILES string of the molecule is CN(C(=O)Oc1nn(-c2ccncc2)c2c1-c1ccc(Cl)cc1CC2)C(C)(C)C. The fourth-order valence-electron chi connectivity index (χ4n) is 3.39. The topological polar surface area (TPSA) is 60.3 Å². The summed E-state index contributed by atoms with van der Waals surface area (Å²) in [5.74, 6) is 0.307. The Kier molecular flexibility index (Phi) is 4.82. The molecule has 6 nitrogen and oxygen atoms in total. The van der Waals surface area contributed by atoms with Crippen LogP contribution in [0.25, 0.3) is 16.8 Å². The van der Waals surface area contributed by atoms with Crippen molar-refractivity contribution in [2.75, 3.05) is 7.05 Å². The average molecular weight is 411 g/mol. The standard InChI is InChI=1S/C22H23ClN4O2/c1-22(2,3)26(4)21(28)29-20-19-17-7-6-15(23)13-14(17)5-8-18(19)27(25-20)16-9-11-24-12-10-16/h6-7,9-13H,5,8H2,1-4H3. The van der Waals surface area contributed by atoms with Gasteiger partial charge in [0, 0.05) is 30.0 Å². The summed E-state index contributed by atoms with van der Waals surface area (Å²) in [5, 5.41) is 5.37. The number of amides is 1. The van der Waals surface area contributed by atoms with Crippen molar-refractivity contribution in [3.05, 3.63) is 59.0 Å². The second-order valence-corrected chi connectivity index (χ2v) is 8.58. The molecule has 0 saturated carbocycles. The van der Waals surface area contributed by atoms with Crippen molar-refractivity contribution in [1.29, 1.82) is 0 Å². The number of ether oxygens (including phenoxy) is 1. The zero-order valence-electron chi connectivity index (χ0n) is 16.9. The van der Waals surface area contributed by atoms with Gasteiger partial charge in [-0.2, -0.15) is 0 Å². The number of fused-ring (bicyclic) bond motifs is 3. The van der Waals surface area contributed by atoms with Gasteiger partial charge in [-0.25, -0.2) is 9.48 Å². The molecule has 7 heteroatoms. The second-order valence-electron chi connectivity index (χ2n) is 8.14. The van der Waals surface area contributed by atoms with E-state index < -0.39 is 6.09 Å². The zero-order valence-corrected chi connectivity index (χ0v) is 17.7. The smallest absolute Gasteiger partial charge is 0.389 e. The molecule has 1 aliphatic rings. The van der Waals surface area contributed by atoms with Crippen LogP contribution in [0.2, 0.25) is 5.02 Å². The second kappa shape index (κ2) is 7.19. The highest BCUT2D eigenvalue weighted by Gasteiger charge is 2.31. The predicted molar refractivity (Wildman–Crippen MR) is 113 cm³/mol. The van der Waals surface area contributed by atoms with Gasteiger partial charge in [0.1, 0.15) is 0 Å². The average Bonchev–Trinajstić information content (AvgIpc) is 3.05. The maximum Gasteiger partial charge on any atom is 0.416 e. The van der Waals surface area contributed by atoms with Gasteiger partial charge in [-0.3, -0.25) is 4.98 Å². The van der Waals surface area contributed by atoms with Gasteiger partial charge in [-0.1, -0.05) is 17.7 Å². The van der Waals surface area contributed by atoms with Crippen LogP contribution < -0.4 is 4.74 Å². The Labute approximate surface area is 175 Å². The third-order valence-corrected chi connectivity index (χ3v) is 5.52. The Morgan fingerprint density at radius 1 is 1.17 bits per heavy atom. The van der Waals surface area contributed by atoms with E-state index in [2.05, 4.69) is 10.1 Å². The molecule has 1 aliphatic carbocycles. The highest BCUT2D eigenvalue weighted by molar-refractivity contribution is 6.30. The van der Waals surface area contributed by atoms with Gasteiger partial charge >= 0.3 is 6.09 Å². The van der Waals surface area contributed by atoms with Gasteiger partial charge in [0.25, 0.3) is 5.88 Å². The molecule has 1 aromatic carbocycles. The van der Waals surface area contributed by atoms with Crippen molar-refractivity contribution in [3.8, 4) is 22.7 Å². The van der Waals surface area contributed by atoms with Crippen molar-refractivity contribution in [2.24, 2.45) is 0 Å². The lowest BCUT2D eigenvalue weighted by molar-refractivity contribution is 0.123. The Morgan fingerprint density at radius 3 is 2.59 bits per heavy atom. The van der Waals surface area contributed by atoms with Crippen LogP contribution in [0.5, 0.6) is 5.88 Å². The minimum Gasteiger partial charge on any atom is -0.389 e. The number of carbonyl (C=O) groups is 1. The molecule has 0 N–H and O–H groups in total. The van der Waals surface area contributed by atoms with Crippen LogP contribution >= 0.6 is 11.6 Å². The molecule has 0 saturated heterocycles. The molecule has 0 atom stereocenters. The number of nitrogens with zero attached hydrogens (tertiary/aromatic N) is 4. The number of aromatic nitrogens is 3. The van der Waals surface area contributed by atoms with Gasteiger partial charge < -0.3 is 9.64 Å². The van der Waals surface area contributed by atoms with E-state index in [0.717, 1.165) is 40.9 Å². The fraction of sp³-hybridized carbons (Fsp3) is 0.318. The van der Waals surface area contributed by atoms with E-state index in [1.807, 2.05) is 55.8 Å². The van der Waals surface area contributed by atoms with Crippen molar-refractivity contribution in [1.82, 2.24) is 19.7 Å². The van der Waals surface area contributed by atoms with Gasteiger partial charge in [-0.15, -0.1) is 5.10 Å². The van der Waals surface area contributed by atoms with Crippen molar-refractivity contribution >= 4 is 17.7 Å². The minimum absolute atomic E-state index is 0.307. The maximum absolute atomic E-state index is 12.8. The first-order valence-corrected chi connectivity index (χ1v) is 9.90. The summed E-state index contributed by atoms with van der Waals surface area (Å²) in [6.45, 7) is 5.86. The lowest BCUT2D eigenvalue weighted by Crippen LogP contribution is -2.44. The minimum atomic E-state index is -0.444. The van der Waals surface area contributed by atoms with E-state index >= 15 is 0 Å². The third-order valence-electron chi connectivity index (χ3n) is 5.29. The number of hydrogen-bond acceptors (Lipinski definition) is 4. The molecule has 0 bridgehead atoms. The summed E-state index contributed by atoms with van der Waals surface area (Å²) < 4.78 is 7.64. The van der Waals surface area contributed by atoms with Crippen LogP contribution in [0.3, 0.4) is 0 Å². The first kappa shape index (κ1) is 19.5. The molecule has 0 aliphatic heterocycles. The quantitative estimate of drug-likeness (QED) is 0.601. The molecule has 0 radical (unpaired) electrons. The van der Waals surface area contributed by atoms with Gasteiger partial charge in [0.15, 0.2) is 0 Å². The number of pyridine rings is 1. The number of halogens is 1. The first-order chi connectivity index (χ1) is 13.8. The monoisotopic (exact) mass is 410 g/mol. The van der Waals surface area contributed by atoms with Crippen molar-refractivity contribution in [2.45, 2.75) is 39.2 Å². The predicted octanol–water partition coefficient (Wildman–Crippen LogP) is 4.92. The molecule has 0 fully saturated rings. The zero-order chi connectivity index (χ0) is 20.8. The Balaban J connectivity index is 1.84. The van der Waals surface area contributed by atoms with E-state index in [9.17, 15) is 4.79 Å². The Morgan fingerprint density at radius 2 is 1.90 bits per heavy atom. The van der Waals surface area contributed by atoms with Gasteiger partial charge in [-0.05, 0) is 69.0 Å². The summed E-state index contributed by atoms with van der Waals surface area (Å²) >= 11 is 6.20. The van der Waals surface area contributed by atoms with Crippen LogP contribution in [-0.4, -0.2) is 38.3 Å². The van der Waals surface area contributed by atoms with E-state index in [4.69, 9.17) is 16.3 Å². The molecule has 4 rings (SSSR count). The number of benzene rings is 1. The highest BCUT2D eigenvalue weighted by atomic mass is 35.5. The molecule has 0 spiro atoms. The van der Waals surface area contributed by atoms with E-state index in [0.29, 0.717) is 10.9 Å². The lowest BCUT2D eigenvalue weighted by atomic mass is 9.89. The fourth-order valence-corrected chi connectivity index (χ4v) is 3.59. The number of hydrogen-bond donors (Lipinski definition) is 0.